The highest BCUT2D eigenvalue weighted by Crippen LogP contribution is 2.27. The van der Waals surface area contributed by atoms with E-state index in [1.165, 1.54) is 25.7 Å². The van der Waals surface area contributed by atoms with Crippen LogP contribution in [0.3, 0.4) is 0 Å². The molecule has 0 spiro atoms. The first kappa shape index (κ1) is 11.7. The maximum absolute atomic E-state index is 9.94. The number of aryl methyl sites for hydroxylation is 1. The van der Waals surface area contributed by atoms with Gasteiger partial charge in [-0.2, -0.15) is 0 Å². The molecule has 2 rings (SSSR count). The van der Waals surface area contributed by atoms with Gasteiger partial charge in [0, 0.05) is 6.54 Å². The van der Waals surface area contributed by atoms with E-state index in [9.17, 15) is 5.11 Å². The molecule has 1 saturated carbocycles. The Balaban J connectivity index is 1.67. The second kappa shape index (κ2) is 5.51. The van der Waals surface area contributed by atoms with Crippen molar-refractivity contribution in [3.05, 3.63) is 23.7 Å². The van der Waals surface area contributed by atoms with E-state index in [1.807, 2.05) is 19.1 Å². The fourth-order valence-electron chi connectivity index (χ4n) is 2.43. The SMILES string of the molecule is Cc1ccc(CNCC(O)C2CCCC2)o1. The molecule has 0 radical (unpaired) electrons. The van der Waals surface area contributed by atoms with Crippen LogP contribution in [0.5, 0.6) is 0 Å². The number of rotatable bonds is 5. The Kier molecular flexibility index (Phi) is 4.02. The summed E-state index contributed by atoms with van der Waals surface area (Å²) in [6, 6.07) is 3.94. The highest BCUT2D eigenvalue weighted by Gasteiger charge is 2.22. The number of furan rings is 1. The van der Waals surface area contributed by atoms with Crippen LogP contribution in [0.1, 0.15) is 37.2 Å². The third-order valence-electron chi connectivity index (χ3n) is 3.39. The molecule has 3 heteroatoms. The van der Waals surface area contributed by atoms with Crippen LogP contribution < -0.4 is 5.32 Å². The second-order valence-electron chi connectivity index (χ2n) is 4.76. The van der Waals surface area contributed by atoms with E-state index < -0.39 is 0 Å². The molecule has 0 aliphatic heterocycles. The van der Waals surface area contributed by atoms with Gasteiger partial charge in [-0.3, -0.25) is 0 Å². The van der Waals surface area contributed by atoms with Gasteiger partial charge in [0.15, 0.2) is 0 Å². The molecule has 1 aromatic heterocycles. The Morgan fingerprint density at radius 2 is 2.19 bits per heavy atom. The zero-order valence-electron chi connectivity index (χ0n) is 9.91. The van der Waals surface area contributed by atoms with Crippen molar-refractivity contribution in [3.8, 4) is 0 Å². The molecule has 1 aliphatic rings. The van der Waals surface area contributed by atoms with Gasteiger partial charge in [0.05, 0.1) is 12.6 Å². The van der Waals surface area contributed by atoms with E-state index in [0.717, 1.165) is 11.5 Å². The van der Waals surface area contributed by atoms with Crippen LogP contribution in [0.4, 0.5) is 0 Å². The molecule has 1 atom stereocenters. The molecule has 90 valence electrons. The van der Waals surface area contributed by atoms with Gasteiger partial charge in [-0.1, -0.05) is 12.8 Å². The Hall–Kier alpha value is -0.800. The van der Waals surface area contributed by atoms with Crippen LogP contribution in [0.25, 0.3) is 0 Å². The Bertz CT molecular complexity index is 315. The molecular formula is C13H21NO2. The van der Waals surface area contributed by atoms with E-state index in [2.05, 4.69) is 5.32 Å². The van der Waals surface area contributed by atoms with E-state index in [4.69, 9.17) is 4.42 Å². The molecule has 2 N–H and O–H groups in total. The van der Waals surface area contributed by atoms with Crippen molar-refractivity contribution in [2.45, 2.75) is 45.3 Å². The summed E-state index contributed by atoms with van der Waals surface area (Å²) >= 11 is 0. The van der Waals surface area contributed by atoms with Gasteiger partial charge in [0.2, 0.25) is 0 Å². The van der Waals surface area contributed by atoms with Crippen LogP contribution >= 0.6 is 0 Å². The second-order valence-corrected chi connectivity index (χ2v) is 4.76. The molecule has 0 amide bonds. The zero-order valence-corrected chi connectivity index (χ0v) is 9.91. The molecule has 0 saturated heterocycles. The summed E-state index contributed by atoms with van der Waals surface area (Å²) in [5, 5.41) is 13.2. The van der Waals surface area contributed by atoms with E-state index in [1.54, 1.807) is 0 Å². The summed E-state index contributed by atoms with van der Waals surface area (Å²) in [6.45, 7) is 3.32. The molecule has 0 aromatic carbocycles. The van der Waals surface area contributed by atoms with Gasteiger partial charge in [-0.25, -0.2) is 0 Å². The first-order valence-electron chi connectivity index (χ1n) is 6.20. The average molecular weight is 223 g/mol. The van der Waals surface area contributed by atoms with Crippen LogP contribution in [0, 0.1) is 12.8 Å². The number of hydrogen-bond acceptors (Lipinski definition) is 3. The van der Waals surface area contributed by atoms with Crippen molar-refractivity contribution < 1.29 is 9.52 Å². The van der Waals surface area contributed by atoms with Gasteiger partial charge < -0.3 is 14.8 Å². The Morgan fingerprint density at radius 3 is 2.81 bits per heavy atom. The molecule has 1 heterocycles. The average Bonchev–Trinajstić information content (AvgIpc) is 2.89. The third kappa shape index (κ3) is 3.09. The van der Waals surface area contributed by atoms with Crippen LogP contribution in [0.2, 0.25) is 0 Å². The van der Waals surface area contributed by atoms with E-state index in [-0.39, 0.29) is 6.10 Å². The fourth-order valence-corrected chi connectivity index (χ4v) is 2.43. The summed E-state index contributed by atoms with van der Waals surface area (Å²) in [5.74, 6) is 2.38. The predicted molar refractivity (Wildman–Crippen MR) is 63.1 cm³/mol. The van der Waals surface area contributed by atoms with Crippen molar-refractivity contribution in [2.24, 2.45) is 5.92 Å². The molecule has 1 unspecified atom stereocenters. The molecule has 16 heavy (non-hydrogen) atoms. The minimum Gasteiger partial charge on any atom is -0.465 e. The molecule has 3 nitrogen and oxygen atoms in total. The minimum atomic E-state index is -0.196. The summed E-state index contributed by atoms with van der Waals surface area (Å²) in [7, 11) is 0. The highest BCUT2D eigenvalue weighted by molar-refractivity contribution is 5.05. The van der Waals surface area contributed by atoms with Crippen molar-refractivity contribution in [2.75, 3.05) is 6.54 Å². The van der Waals surface area contributed by atoms with Crippen molar-refractivity contribution in [1.82, 2.24) is 5.32 Å². The molecule has 1 aromatic rings. The fraction of sp³-hybridized carbons (Fsp3) is 0.692. The normalized spacial score (nSPS) is 19.1. The Labute approximate surface area is 96.8 Å². The number of aliphatic hydroxyl groups excluding tert-OH is 1. The third-order valence-corrected chi connectivity index (χ3v) is 3.39. The standard InChI is InChI=1S/C13H21NO2/c1-10-6-7-12(16-10)8-14-9-13(15)11-4-2-3-5-11/h6-7,11,13-15H,2-5,8-9H2,1H3. The molecule has 1 aliphatic carbocycles. The van der Waals surface area contributed by atoms with Gasteiger partial charge in [0.1, 0.15) is 11.5 Å². The number of aliphatic hydroxyl groups is 1. The first-order valence-corrected chi connectivity index (χ1v) is 6.20. The van der Waals surface area contributed by atoms with E-state index in [0.29, 0.717) is 19.0 Å². The van der Waals surface area contributed by atoms with Gasteiger partial charge in [0.25, 0.3) is 0 Å². The summed E-state index contributed by atoms with van der Waals surface area (Å²) in [5.41, 5.74) is 0. The summed E-state index contributed by atoms with van der Waals surface area (Å²) < 4.78 is 5.45. The van der Waals surface area contributed by atoms with Crippen molar-refractivity contribution >= 4 is 0 Å². The highest BCUT2D eigenvalue weighted by atomic mass is 16.3. The topological polar surface area (TPSA) is 45.4 Å². The lowest BCUT2D eigenvalue weighted by Crippen LogP contribution is -2.31. The van der Waals surface area contributed by atoms with Gasteiger partial charge >= 0.3 is 0 Å². The van der Waals surface area contributed by atoms with Crippen molar-refractivity contribution in [3.63, 3.8) is 0 Å². The van der Waals surface area contributed by atoms with E-state index >= 15 is 0 Å². The Morgan fingerprint density at radius 1 is 1.44 bits per heavy atom. The lowest BCUT2D eigenvalue weighted by Gasteiger charge is -2.17. The summed E-state index contributed by atoms with van der Waals surface area (Å²) in [4.78, 5) is 0. The maximum atomic E-state index is 9.94. The lowest BCUT2D eigenvalue weighted by molar-refractivity contribution is 0.108. The minimum absolute atomic E-state index is 0.196. The summed E-state index contributed by atoms with van der Waals surface area (Å²) in [6.07, 6.45) is 4.72. The monoisotopic (exact) mass is 223 g/mol. The number of nitrogens with one attached hydrogen (secondary N) is 1. The molecular weight excluding hydrogens is 202 g/mol. The number of hydrogen-bond donors (Lipinski definition) is 2. The smallest absolute Gasteiger partial charge is 0.117 e. The van der Waals surface area contributed by atoms with Crippen LogP contribution in [-0.4, -0.2) is 17.8 Å². The van der Waals surface area contributed by atoms with Crippen LogP contribution in [-0.2, 0) is 6.54 Å². The lowest BCUT2D eigenvalue weighted by atomic mass is 10.0. The first-order chi connectivity index (χ1) is 7.75. The maximum Gasteiger partial charge on any atom is 0.117 e. The largest absolute Gasteiger partial charge is 0.465 e. The van der Waals surface area contributed by atoms with Gasteiger partial charge in [-0.05, 0) is 37.8 Å². The van der Waals surface area contributed by atoms with Gasteiger partial charge in [-0.15, -0.1) is 0 Å². The molecule has 0 bridgehead atoms. The van der Waals surface area contributed by atoms with Crippen molar-refractivity contribution in [1.29, 1.82) is 0 Å². The zero-order chi connectivity index (χ0) is 11.4. The van der Waals surface area contributed by atoms with Crippen LogP contribution in [0.15, 0.2) is 16.5 Å². The quantitative estimate of drug-likeness (QED) is 0.804. The molecule has 1 fully saturated rings. The predicted octanol–water partition coefficient (Wildman–Crippen LogP) is 2.23.